The van der Waals surface area contributed by atoms with Crippen LogP contribution in [0.15, 0.2) is 52.4 Å². The number of hydrogen-bond donors (Lipinski definition) is 0. The van der Waals surface area contributed by atoms with Crippen LogP contribution in [-0.2, 0) is 6.54 Å². The third-order valence-electron chi connectivity index (χ3n) is 3.45. The van der Waals surface area contributed by atoms with Gasteiger partial charge >= 0.3 is 0 Å². The Kier molecular flexibility index (Phi) is 5.28. The minimum Gasteiger partial charge on any atom is -0.294 e. The van der Waals surface area contributed by atoms with Gasteiger partial charge in [-0.1, -0.05) is 18.5 Å². The lowest BCUT2D eigenvalue weighted by Gasteiger charge is -2.11. The van der Waals surface area contributed by atoms with Crippen molar-refractivity contribution >= 4 is 56.9 Å². The number of nitrogens with zero attached hydrogens (tertiary/aromatic N) is 2. The fourth-order valence-electron chi connectivity index (χ4n) is 2.40. The lowest BCUT2D eigenvalue weighted by molar-refractivity contribution is 0.738. The van der Waals surface area contributed by atoms with Crippen LogP contribution < -0.4 is 5.56 Å². The monoisotopic (exact) mass is 456 g/mol. The van der Waals surface area contributed by atoms with E-state index in [0.717, 1.165) is 25.3 Å². The zero-order valence-corrected chi connectivity index (χ0v) is 16.2. The Bertz CT molecular complexity index is 926. The molecule has 0 radical (unpaired) electrons. The molecule has 0 unspecified atom stereocenters. The molecule has 0 N–H and O–H groups in total. The maximum atomic E-state index is 12.7. The molecule has 1 aromatic heterocycles. The second-order valence-corrected chi connectivity index (χ2v) is 8.01. The van der Waals surface area contributed by atoms with E-state index >= 15 is 0 Å². The number of rotatable bonds is 4. The molecule has 1 heterocycles. The van der Waals surface area contributed by atoms with Crippen LogP contribution in [0.5, 0.6) is 0 Å². The van der Waals surface area contributed by atoms with E-state index < -0.39 is 0 Å². The topological polar surface area (TPSA) is 34.9 Å². The first kappa shape index (κ1) is 16.8. The maximum absolute atomic E-state index is 12.7. The van der Waals surface area contributed by atoms with Gasteiger partial charge in [-0.05, 0) is 70.3 Å². The molecule has 6 heteroatoms. The van der Waals surface area contributed by atoms with E-state index in [9.17, 15) is 4.79 Å². The quantitative estimate of drug-likeness (QED) is 0.417. The highest BCUT2D eigenvalue weighted by atomic mass is 127. The van der Waals surface area contributed by atoms with Gasteiger partial charge in [-0.2, -0.15) is 0 Å². The van der Waals surface area contributed by atoms with Crippen molar-refractivity contribution in [3.63, 3.8) is 0 Å². The molecule has 3 nitrogen and oxygen atoms in total. The second-order valence-electron chi connectivity index (χ2n) is 5.02. The van der Waals surface area contributed by atoms with Gasteiger partial charge in [0.25, 0.3) is 5.56 Å². The summed E-state index contributed by atoms with van der Waals surface area (Å²) in [5, 5.41) is 1.32. The Labute approximate surface area is 157 Å². The van der Waals surface area contributed by atoms with Crippen LogP contribution in [-0.4, -0.2) is 15.3 Å². The van der Waals surface area contributed by atoms with Crippen molar-refractivity contribution in [2.24, 2.45) is 0 Å². The summed E-state index contributed by atoms with van der Waals surface area (Å²) in [5.41, 5.74) is 1.74. The summed E-state index contributed by atoms with van der Waals surface area (Å²) in [4.78, 5) is 18.3. The molecule has 0 bridgehead atoms. The average molecular weight is 457 g/mol. The van der Waals surface area contributed by atoms with Crippen molar-refractivity contribution in [1.82, 2.24) is 9.55 Å². The maximum Gasteiger partial charge on any atom is 0.261 e. The van der Waals surface area contributed by atoms with Gasteiger partial charge in [-0.3, -0.25) is 9.36 Å². The third-order valence-corrected chi connectivity index (χ3v) is 5.35. The number of fused-ring (bicyclic) bond motifs is 1. The molecule has 118 valence electrons. The largest absolute Gasteiger partial charge is 0.294 e. The van der Waals surface area contributed by atoms with Crippen LogP contribution in [0.3, 0.4) is 0 Å². The predicted octanol–water partition coefficient (Wildman–Crippen LogP) is 4.81. The Hall–Kier alpha value is -1.05. The smallest absolute Gasteiger partial charge is 0.261 e. The highest BCUT2D eigenvalue weighted by molar-refractivity contribution is 14.1. The van der Waals surface area contributed by atoms with Crippen molar-refractivity contribution in [3.05, 3.63) is 67.2 Å². The fraction of sp³-hybridized carbons (Fsp3) is 0.176. The lowest BCUT2D eigenvalue weighted by Crippen LogP contribution is -2.21. The van der Waals surface area contributed by atoms with Gasteiger partial charge in [0.15, 0.2) is 0 Å². The summed E-state index contributed by atoms with van der Waals surface area (Å²) in [6.07, 6.45) is 1.61. The first-order chi connectivity index (χ1) is 11.1. The zero-order chi connectivity index (χ0) is 16.4. The van der Waals surface area contributed by atoms with Crippen molar-refractivity contribution in [1.29, 1.82) is 0 Å². The van der Waals surface area contributed by atoms with Crippen molar-refractivity contribution < 1.29 is 0 Å². The summed E-state index contributed by atoms with van der Waals surface area (Å²) in [6.45, 7) is 2.57. The van der Waals surface area contributed by atoms with E-state index in [1.807, 2.05) is 36.4 Å². The van der Waals surface area contributed by atoms with Gasteiger partial charge in [-0.25, -0.2) is 4.98 Å². The Morgan fingerprint density at radius 1 is 1.26 bits per heavy atom. The van der Waals surface area contributed by atoms with Crippen LogP contribution in [0, 0.1) is 3.57 Å². The highest BCUT2D eigenvalue weighted by Crippen LogP contribution is 2.26. The molecular formula is C17H14ClIN2OS. The van der Waals surface area contributed by atoms with Gasteiger partial charge in [0.1, 0.15) is 0 Å². The molecule has 0 aliphatic carbocycles. The van der Waals surface area contributed by atoms with Crippen molar-refractivity contribution in [2.45, 2.75) is 18.4 Å². The van der Waals surface area contributed by atoms with Crippen LogP contribution in [0.1, 0.15) is 12.5 Å². The molecule has 0 aliphatic heterocycles. The Morgan fingerprint density at radius 2 is 2.09 bits per heavy atom. The Morgan fingerprint density at radius 3 is 2.87 bits per heavy atom. The van der Waals surface area contributed by atoms with E-state index in [-0.39, 0.29) is 5.56 Å². The van der Waals surface area contributed by atoms with Gasteiger partial charge in [0, 0.05) is 13.5 Å². The predicted molar refractivity (Wildman–Crippen MR) is 106 cm³/mol. The fourth-order valence-corrected chi connectivity index (χ4v) is 3.87. The molecule has 0 aliphatic rings. The summed E-state index contributed by atoms with van der Waals surface area (Å²) in [7, 11) is 0. The molecule has 3 rings (SSSR count). The van der Waals surface area contributed by atoms with Crippen molar-refractivity contribution in [3.8, 4) is 0 Å². The SMILES string of the molecule is CCSc1ccc(Cl)cc1Cn1cnc2ccc(I)cc2c1=O. The number of halogens is 2. The van der Waals surface area contributed by atoms with E-state index in [0.29, 0.717) is 17.0 Å². The molecule has 2 aromatic carbocycles. The molecule has 0 fully saturated rings. The normalized spacial score (nSPS) is 11.1. The lowest BCUT2D eigenvalue weighted by atomic mass is 10.2. The molecule has 23 heavy (non-hydrogen) atoms. The molecular weight excluding hydrogens is 443 g/mol. The van der Waals surface area contributed by atoms with E-state index in [1.54, 1.807) is 22.7 Å². The van der Waals surface area contributed by atoms with Gasteiger partial charge in [0.2, 0.25) is 0 Å². The van der Waals surface area contributed by atoms with Crippen LogP contribution >= 0.6 is 46.0 Å². The summed E-state index contributed by atoms with van der Waals surface area (Å²) >= 11 is 10.1. The summed E-state index contributed by atoms with van der Waals surface area (Å²) in [6, 6.07) is 11.5. The molecule has 3 aromatic rings. The minimum atomic E-state index is -0.0269. The molecule has 0 amide bonds. The number of hydrogen-bond acceptors (Lipinski definition) is 3. The first-order valence-corrected chi connectivity index (χ1v) is 9.58. The summed E-state index contributed by atoms with van der Waals surface area (Å²) in [5.74, 6) is 0.970. The second kappa shape index (κ2) is 7.23. The molecule has 0 saturated carbocycles. The highest BCUT2D eigenvalue weighted by Gasteiger charge is 2.09. The van der Waals surface area contributed by atoms with Gasteiger partial charge in [0.05, 0.1) is 23.8 Å². The van der Waals surface area contributed by atoms with E-state index in [2.05, 4.69) is 34.5 Å². The molecule has 0 spiro atoms. The van der Waals surface area contributed by atoms with Crippen LogP contribution in [0.4, 0.5) is 0 Å². The first-order valence-electron chi connectivity index (χ1n) is 7.14. The van der Waals surface area contributed by atoms with Gasteiger partial charge in [-0.15, -0.1) is 11.8 Å². The van der Waals surface area contributed by atoms with E-state index in [1.165, 1.54) is 0 Å². The number of benzene rings is 2. The Balaban J connectivity index is 2.07. The number of aromatic nitrogens is 2. The third kappa shape index (κ3) is 3.72. The minimum absolute atomic E-state index is 0.0269. The number of thioether (sulfide) groups is 1. The molecule has 0 saturated heterocycles. The van der Waals surface area contributed by atoms with Crippen LogP contribution in [0.2, 0.25) is 5.02 Å². The van der Waals surface area contributed by atoms with Crippen molar-refractivity contribution in [2.75, 3.05) is 5.75 Å². The standard InChI is InChI=1S/C17H14ClIN2OS/c1-2-23-16-6-3-12(18)7-11(16)9-21-10-20-15-5-4-13(19)8-14(15)17(21)22/h3-8,10H,2,9H2,1H3. The van der Waals surface area contributed by atoms with Crippen LogP contribution in [0.25, 0.3) is 10.9 Å². The van der Waals surface area contributed by atoms with Gasteiger partial charge < -0.3 is 0 Å². The average Bonchev–Trinajstić information content (AvgIpc) is 2.53. The van der Waals surface area contributed by atoms with E-state index in [4.69, 9.17) is 11.6 Å². The summed E-state index contributed by atoms with van der Waals surface area (Å²) < 4.78 is 2.67. The zero-order valence-electron chi connectivity index (χ0n) is 12.4. The molecule has 0 atom stereocenters.